The largest absolute Gasteiger partial charge is 0.486 e. The molecule has 5 rings (SSSR count). The van der Waals surface area contributed by atoms with E-state index in [2.05, 4.69) is 15.8 Å². The van der Waals surface area contributed by atoms with Gasteiger partial charge in [-0.3, -0.25) is 15.6 Å². The van der Waals surface area contributed by atoms with Gasteiger partial charge in [-0.25, -0.2) is 9.78 Å². The molecule has 2 aromatic heterocycles. The van der Waals surface area contributed by atoms with Crippen LogP contribution in [0.5, 0.6) is 11.5 Å². The number of amides is 1. The third-order valence-electron chi connectivity index (χ3n) is 4.22. The summed E-state index contributed by atoms with van der Waals surface area (Å²) in [5.74, 6) is 0.713. The molecule has 0 saturated heterocycles. The maximum Gasteiger partial charge on any atom is 0.349 e. The van der Waals surface area contributed by atoms with Gasteiger partial charge in [0.1, 0.15) is 24.4 Å². The number of rotatable bonds is 3. The van der Waals surface area contributed by atoms with Crippen molar-refractivity contribution >= 4 is 43.6 Å². The number of carbonyl (C=O) groups excluding carboxylic acids is 1. The molecular formula is C19H13N3O5S. The Morgan fingerprint density at radius 1 is 1.07 bits per heavy atom. The summed E-state index contributed by atoms with van der Waals surface area (Å²) in [5.41, 5.74) is 5.58. The van der Waals surface area contributed by atoms with Gasteiger partial charge in [-0.2, -0.15) is 0 Å². The summed E-state index contributed by atoms with van der Waals surface area (Å²) >= 11 is 1.34. The molecule has 0 spiro atoms. The Balaban J connectivity index is 1.38. The zero-order valence-electron chi connectivity index (χ0n) is 14.4. The minimum Gasteiger partial charge on any atom is -0.486 e. The summed E-state index contributed by atoms with van der Waals surface area (Å²) < 4.78 is 17.2. The van der Waals surface area contributed by atoms with Gasteiger partial charge in [0.25, 0.3) is 5.91 Å². The first-order valence-electron chi connectivity index (χ1n) is 8.47. The Hall–Kier alpha value is -3.59. The number of nitrogens with zero attached hydrogens (tertiary/aromatic N) is 1. The predicted octanol–water partition coefficient (Wildman–Crippen LogP) is 2.93. The second kappa shape index (κ2) is 6.54. The first kappa shape index (κ1) is 16.6. The summed E-state index contributed by atoms with van der Waals surface area (Å²) in [7, 11) is 0. The van der Waals surface area contributed by atoms with Crippen LogP contribution in [0.15, 0.2) is 51.7 Å². The molecule has 1 aliphatic heterocycles. The molecule has 0 fully saturated rings. The van der Waals surface area contributed by atoms with E-state index in [1.165, 1.54) is 17.4 Å². The molecular weight excluding hydrogens is 382 g/mol. The van der Waals surface area contributed by atoms with Gasteiger partial charge in [-0.05, 0) is 12.1 Å². The number of anilines is 1. The van der Waals surface area contributed by atoms with Crippen LogP contribution < -0.4 is 26.0 Å². The lowest BCUT2D eigenvalue weighted by Gasteiger charge is -2.17. The molecule has 0 unspecified atom stereocenters. The number of aromatic nitrogens is 1. The Morgan fingerprint density at radius 2 is 1.86 bits per heavy atom. The highest BCUT2D eigenvalue weighted by molar-refractivity contribution is 7.22. The fourth-order valence-corrected chi connectivity index (χ4v) is 3.75. The van der Waals surface area contributed by atoms with Crippen molar-refractivity contribution in [2.75, 3.05) is 18.6 Å². The topological polar surface area (TPSA) is 103 Å². The van der Waals surface area contributed by atoms with Crippen LogP contribution in [0.1, 0.15) is 10.4 Å². The summed E-state index contributed by atoms with van der Waals surface area (Å²) in [6.45, 7) is 1.00. The normalized spacial score (nSPS) is 12.9. The Bertz CT molecular complexity index is 1240. The average Bonchev–Trinajstić information content (AvgIpc) is 3.11. The van der Waals surface area contributed by atoms with Gasteiger partial charge in [0.15, 0.2) is 11.5 Å². The number of thiazole rings is 1. The van der Waals surface area contributed by atoms with Crippen molar-refractivity contribution in [1.82, 2.24) is 10.4 Å². The van der Waals surface area contributed by atoms with E-state index in [0.717, 1.165) is 10.2 Å². The van der Waals surface area contributed by atoms with Crippen molar-refractivity contribution in [2.45, 2.75) is 0 Å². The molecule has 4 aromatic rings. The second-order valence-corrected chi connectivity index (χ2v) is 7.08. The quantitative estimate of drug-likeness (QED) is 0.406. The molecule has 1 amide bonds. The molecule has 2 N–H and O–H groups in total. The minimum atomic E-state index is -0.704. The fraction of sp³-hybridized carbons (Fsp3) is 0.105. The standard InChI is InChI=1S/C19H13N3O5S/c23-17(11-7-10-3-1-2-4-13(10)27-18(11)24)21-22-19-20-12-8-14-15(9-16(12)28-19)26-6-5-25-14/h1-4,7-9H,5-6H2,(H,20,22)(H,21,23). The van der Waals surface area contributed by atoms with E-state index in [1.807, 2.05) is 6.07 Å². The molecule has 1 aliphatic rings. The molecule has 2 aromatic carbocycles. The van der Waals surface area contributed by atoms with Gasteiger partial charge >= 0.3 is 5.63 Å². The van der Waals surface area contributed by atoms with Gasteiger partial charge in [0.2, 0.25) is 5.13 Å². The number of hydrogen-bond donors (Lipinski definition) is 2. The van der Waals surface area contributed by atoms with Crippen LogP contribution in [-0.4, -0.2) is 24.1 Å². The van der Waals surface area contributed by atoms with Gasteiger partial charge in [-0.15, -0.1) is 0 Å². The van der Waals surface area contributed by atoms with Crippen LogP contribution in [0, 0.1) is 0 Å². The van der Waals surface area contributed by atoms with Crippen molar-refractivity contribution in [2.24, 2.45) is 0 Å². The van der Waals surface area contributed by atoms with Crippen LogP contribution in [0.4, 0.5) is 5.13 Å². The van der Waals surface area contributed by atoms with Crippen molar-refractivity contribution in [3.8, 4) is 11.5 Å². The Morgan fingerprint density at radius 3 is 2.71 bits per heavy atom. The van der Waals surface area contributed by atoms with E-state index in [0.29, 0.717) is 40.8 Å². The third kappa shape index (κ3) is 2.91. The van der Waals surface area contributed by atoms with Crippen LogP contribution in [0.2, 0.25) is 0 Å². The maximum atomic E-state index is 12.4. The van der Waals surface area contributed by atoms with E-state index in [1.54, 1.807) is 30.3 Å². The monoisotopic (exact) mass is 395 g/mol. The van der Waals surface area contributed by atoms with E-state index >= 15 is 0 Å². The molecule has 3 heterocycles. The van der Waals surface area contributed by atoms with Crippen molar-refractivity contribution < 1.29 is 18.7 Å². The zero-order valence-corrected chi connectivity index (χ0v) is 15.2. The summed E-state index contributed by atoms with van der Waals surface area (Å²) in [6, 6.07) is 12.1. The smallest absolute Gasteiger partial charge is 0.349 e. The molecule has 8 nitrogen and oxygen atoms in total. The molecule has 0 saturated carbocycles. The summed E-state index contributed by atoms with van der Waals surface area (Å²) in [5, 5.41) is 1.13. The number of fused-ring (bicyclic) bond motifs is 3. The van der Waals surface area contributed by atoms with Gasteiger partial charge in [0.05, 0.1) is 10.2 Å². The second-order valence-electron chi connectivity index (χ2n) is 6.05. The van der Waals surface area contributed by atoms with Crippen LogP contribution in [-0.2, 0) is 0 Å². The van der Waals surface area contributed by atoms with Gasteiger partial charge in [0, 0.05) is 17.5 Å². The van der Waals surface area contributed by atoms with Gasteiger partial charge in [-0.1, -0.05) is 29.5 Å². The molecule has 0 radical (unpaired) electrons. The summed E-state index contributed by atoms with van der Waals surface area (Å²) in [6.07, 6.45) is 0. The van der Waals surface area contributed by atoms with Crippen molar-refractivity contribution in [1.29, 1.82) is 0 Å². The first-order valence-corrected chi connectivity index (χ1v) is 9.28. The molecule has 0 bridgehead atoms. The SMILES string of the molecule is O=C(NNc1nc2cc3c(cc2s1)OCCO3)c1cc2ccccc2oc1=O. The number of benzene rings is 2. The highest BCUT2D eigenvalue weighted by Crippen LogP contribution is 2.37. The lowest BCUT2D eigenvalue weighted by atomic mass is 10.2. The zero-order chi connectivity index (χ0) is 19.1. The number of carbonyl (C=O) groups is 1. The predicted molar refractivity (Wildman–Crippen MR) is 104 cm³/mol. The van der Waals surface area contributed by atoms with E-state index in [-0.39, 0.29) is 5.56 Å². The van der Waals surface area contributed by atoms with Crippen LogP contribution >= 0.6 is 11.3 Å². The lowest BCUT2D eigenvalue weighted by molar-refractivity contribution is 0.0959. The Kier molecular flexibility index (Phi) is 3.87. The fourth-order valence-electron chi connectivity index (χ4n) is 2.92. The van der Waals surface area contributed by atoms with Crippen molar-refractivity contribution in [3.63, 3.8) is 0 Å². The Labute approximate surface area is 161 Å². The lowest BCUT2D eigenvalue weighted by Crippen LogP contribution is -2.32. The summed E-state index contributed by atoms with van der Waals surface area (Å²) in [4.78, 5) is 28.9. The highest BCUT2D eigenvalue weighted by atomic mass is 32.1. The van der Waals surface area contributed by atoms with Crippen LogP contribution in [0.3, 0.4) is 0 Å². The number of hydrogen-bond acceptors (Lipinski definition) is 8. The molecule has 0 atom stereocenters. The number of ether oxygens (including phenoxy) is 2. The van der Waals surface area contributed by atoms with Crippen LogP contribution in [0.25, 0.3) is 21.2 Å². The number of nitrogens with one attached hydrogen (secondary N) is 2. The van der Waals surface area contributed by atoms with Gasteiger partial charge < -0.3 is 13.9 Å². The minimum absolute atomic E-state index is 0.0930. The average molecular weight is 395 g/mol. The number of hydrazine groups is 1. The third-order valence-corrected chi connectivity index (χ3v) is 5.16. The van der Waals surface area contributed by atoms with E-state index in [9.17, 15) is 9.59 Å². The molecule has 28 heavy (non-hydrogen) atoms. The van der Waals surface area contributed by atoms with E-state index in [4.69, 9.17) is 13.9 Å². The maximum absolute atomic E-state index is 12.4. The highest BCUT2D eigenvalue weighted by Gasteiger charge is 2.17. The molecule has 140 valence electrons. The van der Waals surface area contributed by atoms with Crippen molar-refractivity contribution in [3.05, 3.63) is 58.4 Å². The first-order chi connectivity index (χ1) is 13.7. The number of para-hydroxylation sites is 1. The van der Waals surface area contributed by atoms with E-state index < -0.39 is 11.5 Å². The molecule has 0 aliphatic carbocycles. The molecule has 9 heteroatoms.